The monoisotopic (exact) mass is 387 g/mol. The molecule has 1 amide bonds. The molecule has 27 heavy (non-hydrogen) atoms. The van der Waals surface area contributed by atoms with Gasteiger partial charge in [-0.05, 0) is 26.0 Å². The molecule has 1 aliphatic rings. The number of hydrogen-bond donors (Lipinski definition) is 3. The maximum atomic E-state index is 12.1. The molecule has 142 valence electrons. The number of carbonyl (C=O) groups excluding carboxylic acids is 1. The molecule has 7 nitrogen and oxygen atoms in total. The van der Waals surface area contributed by atoms with E-state index in [1.54, 1.807) is 18.5 Å². The Bertz CT molecular complexity index is 1010. The SMILES string of the molecule is Cc1ncsc1COc1ccc2oc(C)c(C(N)=O)c2c1C1(CO)CNC1. The van der Waals surface area contributed by atoms with Crippen molar-refractivity contribution in [2.75, 3.05) is 19.7 Å². The second kappa shape index (κ2) is 6.63. The molecule has 0 bridgehead atoms. The minimum absolute atomic E-state index is 0.0719. The van der Waals surface area contributed by atoms with Gasteiger partial charge in [-0.15, -0.1) is 11.3 Å². The van der Waals surface area contributed by atoms with Gasteiger partial charge >= 0.3 is 0 Å². The third-order valence-electron chi connectivity index (χ3n) is 5.20. The largest absolute Gasteiger partial charge is 0.488 e. The van der Waals surface area contributed by atoms with Crippen LogP contribution in [-0.2, 0) is 12.0 Å². The van der Waals surface area contributed by atoms with Crippen molar-refractivity contribution in [1.29, 1.82) is 0 Å². The lowest BCUT2D eigenvalue weighted by Gasteiger charge is -2.42. The van der Waals surface area contributed by atoms with Gasteiger partial charge in [0.25, 0.3) is 5.91 Å². The number of aryl methyl sites for hydroxylation is 2. The third kappa shape index (κ3) is 2.80. The summed E-state index contributed by atoms with van der Waals surface area (Å²) >= 11 is 1.53. The quantitative estimate of drug-likeness (QED) is 0.597. The lowest BCUT2D eigenvalue weighted by atomic mass is 9.73. The molecule has 2 aromatic heterocycles. The van der Waals surface area contributed by atoms with E-state index < -0.39 is 11.3 Å². The van der Waals surface area contributed by atoms with E-state index in [4.69, 9.17) is 14.9 Å². The van der Waals surface area contributed by atoms with Crippen LogP contribution in [0.3, 0.4) is 0 Å². The molecule has 1 aromatic carbocycles. The van der Waals surface area contributed by atoms with Gasteiger partial charge in [0.2, 0.25) is 0 Å². The van der Waals surface area contributed by atoms with Crippen molar-refractivity contribution in [3.8, 4) is 5.75 Å². The summed E-state index contributed by atoms with van der Waals surface area (Å²) in [5.41, 5.74) is 9.49. The highest BCUT2D eigenvalue weighted by molar-refractivity contribution is 7.09. The molecule has 0 aliphatic carbocycles. The zero-order chi connectivity index (χ0) is 19.2. The number of benzene rings is 1. The summed E-state index contributed by atoms with van der Waals surface area (Å²) in [5.74, 6) is 0.534. The number of hydrogen-bond acceptors (Lipinski definition) is 7. The Kier molecular flexibility index (Phi) is 4.41. The number of carbonyl (C=O) groups is 1. The molecule has 1 fully saturated rings. The summed E-state index contributed by atoms with van der Waals surface area (Å²) in [4.78, 5) is 17.4. The molecule has 1 aliphatic heterocycles. The Morgan fingerprint density at radius 3 is 2.78 bits per heavy atom. The molecule has 1 saturated heterocycles. The normalized spacial score (nSPS) is 15.7. The average molecular weight is 387 g/mol. The first kappa shape index (κ1) is 18.0. The van der Waals surface area contributed by atoms with Crippen molar-refractivity contribution >= 4 is 28.2 Å². The number of aromatic nitrogens is 1. The maximum Gasteiger partial charge on any atom is 0.252 e. The maximum absolute atomic E-state index is 12.1. The Balaban J connectivity index is 1.89. The van der Waals surface area contributed by atoms with Crippen molar-refractivity contribution in [2.24, 2.45) is 5.73 Å². The topological polar surface area (TPSA) is 111 Å². The molecule has 0 spiro atoms. The number of thiazole rings is 1. The van der Waals surface area contributed by atoms with Gasteiger partial charge in [0.05, 0.1) is 28.3 Å². The van der Waals surface area contributed by atoms with Gasteiger partial charge in [0.15, 0.2) is 0 Å². The van der Waals surface area contributed by atoms with E-state index in [-0.39, 0.29) is 6.61 Å². The lowest BCUT2D eigenvalue weighted by molar-refractivity contribution is 0.0999. The number of aliphatic hydroxyl groups is 1. The second-order valence-corrected chi connectivity index (χ2v) is 7.84. The standard InChI is InChI=1S/C19H21N3O4S/c1-10-14(27-9-22-10)5-25-13-4-3-12-16(15(18(20)24)11(2)26-12)17(13)19(8-23)6-21-7-19/h3-4,9,21,23H,5-8H2,1-2H3,(H2,20,24). The van der Waals surface area contributed by atoms with Gasteiger partial charge in [0.1, 0.15) is 23.7 Å². The van der Waals surface area contributed by atoms with Crippen LogP contribution in [-0.4, -0.2) is 35.7 Å². The molecule has 4 N–H and O–H groups in total. The summed E-state index contributed by atoms with van der Waals surface area (Å²) in [5, 5.41) is 14.0. The molecule has 3 heterocycles. The number of nitrogens with one attached hydrogen (secondary N) is 1. The highest BCUT2D eigenvalue weighted by Crippen LogP contribution is 2.43. The number of nitrogens with zero attached hydrogens (tertiary/aromatic N) is 1. The van der Waals surface area contributed by atoms with Crippen molar-refractivity contribution in [1.82, 2.24) is 10.3 Å². The van der Waals surface area contributed by atoms with Crippen LogP contribution >= 0.6 is 11.3 Å². The Morgan fingerprint density at radius 2 is 2.22 bits per heavy atom. The lowest BCUT2D eigenvalue weighted by Crippen LogP contribution is -2.59. The smallest absolute Gasteiger partial charge is 0.252 e. The fourth-order valence-corrected chi connectivity index (χ4v) is 4.32. The Morgan fingerprint density at radius 1 is 1.44 bits per heavy atom. The van der Waals surface area contributed by atoms with E-state index in [9.17, 15) is 9.90 Å². The van der Waals surface area contributed by atoms with Crippen LogP contribution in [0, 0.1) is 13.8 Å². The summed E-state index contributed by atoms with van der Waals surface area (Å²) in [6.45, 7) is 5.12. The third-order valence-corrected chi connectivity index (χ3v) is 6.11. The molecule has 3 aromatic rings. The van der Waals surface area contributed by atoms with Crippen molar-refractivity contribution in [3.05, 3.63) is 45.1 Å². The minimum atomic E-state index is -0.552. The van der Waals surface area contributed by atoms with E-state index in [2.05, 4.69) is 10.3 Å². The molecule has 0 radical (unpaired) electrons. The van der Waals surface area contributed by atoms with E-state index in [0.29, 0.717) is 47.7 Å². The predicted octanol–water partition coefficient (Wildman–Crippen LogP) is 2.02. The van der Waals surface area contributed by atoms with Crippen molar-refractivity contribution in [3.63, 3.8) is 0 Å². The number of nitrogens with two attached hydrogens (primary N) is 1. The van der Waals surface area contributed by atoms with Gasteiger partial charge in [-0.1, -0.05) is 0 Å². The Hall–Kier alpha value is -2.42. The number of aliphatic hydroxyl groups excluding tert-OH is 1. The first-order chi connectivity index (χ1) is 13.0. The van der Waals surface area contributed by atoms with Crippen LogP contribution in [0.4, 0.5) is 0 Å². The summed E-state index contributed by atoms with van der Waals surface area (Å²) in [7, 11) is 0. The number of primary amides is 1. The molecular weight excluding hydrogens is 366 g/mol. The summed E-state index contributed by atoms with van der Waals surface area (Å²) < 4.78 is 11.9. The zero-order valence-electron chi connectivity index (χ0n) is 15.2. The molecule has 4 rings (SSSR count). The van der Waals surface area contributed by atoms with Gasteiger partial charge in [-0.25, -0.2) is 4.98 Å². The van der Waals surface area contributed by atoms with Crippen LogP contribution < -0.4 is 15.8 Å². The number of fused-ring (bicyclic) bond motifs is 1. The highest BCUT2D eigenvalue weighted by atomic mass is 32.1. The molecule has 0 saturated carbocycles. The fourth-order valence-electron chi connectivity index (χ4n) is 3.64. The van der Waals surface area contributed by atoms with Gasteiger partial charge in [0, 0.05) is 29.5 Å². The summed E-state index contributed by atoms with van der Waals surface area (Å²) in [6.07, 6.45) is 0. The van der Waals surface area contributed by atoms with E-state index in [0.717, 1.165) is 16.1 Å². The fraction of sp³-hybridized carbons (Fsp3) is 0.368. The Labute approximate surface area is 160 Å². The number of furan rings is 1. The van der Waals surface area contributed by atoms with Crippen molar-refractivity contribution < 1.29 is 19.1 Å². The van der Waals surface area contributed by atoms with Crippen LogP contribution in [0.5, 0.6) is 5.75 Å². The minimum Gasteiger partial charge on any atom is -0.488 e. The van der Waals surface area contributed by atoms with E-state index >= 15 is 0 Å². The number of amides is 1. The van der Waals surface area contributed by atoms with Gasteiger partial charge in [-0.3, -0.25) is 4.79 Å². The number of rotatable bonds is 6. The molecule has 0 unspecified atom stereocenters. The first-order valence-corrected chi connectivity index (χ1v) is 9.54. The highest BCUT2D eigenvalue weighted by Gasteiger charge is 2.43. The zero-order valence-corrected chi connectivity index (χ0v) is 16.0. The van der Waals surface area contributed by atoms with Crippen LogP contribution in [0.15, 0.2) is 22.1 Å². The van der Waals surface area contributed by atoms with Gasteiger partial charge < -0.3 is 25.3 Å². The van der Waals surface area contributed by atoms with Crippen LogP contribution in [0.1, 0.15) is 32.3 Å². The first-order valence-electron chi connectivity index (χ1n) is 8.66. The van der Waals surface area contributed by atoms with Crippen molar-refractivity contribution in [2.45, 2.75) is 25.9 Å². The van der Waals surface area contributed by atoms with E-state index in [1.807, 2.05) is 13.0 Å². The summed E-state index contributed by atoms with van der Waals surface area (Å²) in [6, 6.07) is 3.61. The predicted molar refractivity (Wildman–Crippen MR) is 102 cm³/mol. The molecular formula is C19H21N3O4S. The number of ether oxygens (including phenoxy) is 1. The molecule has 8 heteroatoms. The second-order valence-electron chi connectivity index (χ2n) is 6.90. The van der Waals surface area contributed by atoms with Crippen LogP contribution in [0.2, 0.25) is 0 Å². The molecule has 0 atom stereocenters. The average Bonchev–Trinajstić information content (AvgIpc) is 3.15. The van der Waals surface area contributed by atoms with Gasteiger partial charge in [-0.2, -0.15) is 0 Å². The van der Waals surface area contributed by atoms with E-state index in [1.165, 1.54) is 11.3 Å². The van der Waals surface area contributed by atoms with Crippen LogP contribution in [0.25, 0.3) is 11.0 Å².